The molecule has 1 fully saturated rings. The molecule has 10 nitrogen and oxygen atoms in total. The fourth-order valence-electron chi connectivity index (χ4n) is 5.18. The number of aliphatic hydroxyl groups excluding tert-OH is 1. The highest BCUT2D eigenvalue weighted by molar-refractivity contribution is 7.92. The van der Waals surface area contributed by atoms with Gasteiger partial charge in [-0.1, -0.05) is 36.4 Å². The van der Waals surface area contributed by atoms with Gasteiger partial charge in [0.1, 0.15) is 12.4 Å². The van der Waals surface area contributed by atoms with E-state index in [0.717, 1.165) is 41.1 Å². The zero-order valence-electron chi connectivity index (χ0n) is 24.9. The predicted molar refractivity (Wildman–Crippen MR) is 177 cm³/mol. The third-order valence-electron chi connectivity index (χ3n) is 7.60. The van der Waals surface area contributed by atoms with Crippen LogP contribution in [0.3, 0.4) is 0 Å². The number of fused-ring (bicyclic) bond motifs is 1. The molecule has 1 heterocycles. The number of aromatic nitrogens is 2. The maximum absolute atomic E-state index is 13.4. The van der Waals surface area contributed by atoms with Crippen LogP contribution in [-0.2, 0) is 23.7 Å². The van der Waals surface area contributed by atoms with Crippen molar-refractivity contribution in [1.82, 2.24) is 9.78 Å². The number of carbonyl (C=O) groups excluding carboxylic acids is 1. The summed E-state index contributed by atoms with van der Waals surface area (Å²) in [6.07, 6.45) is 2.05. The van der Waals surface area contributed by atoms with Gasteiger partial charge in [0.25, 0.3) is 5.91 Å². The monoisotopic (exact) mass is 625 g/mol. The Balaban J connectivity index is 1.14. The number of aryl methyl sites for hydroxylation is 1. The van der Waals surface area contributed by atoms with Crippen LogP contribution in [0.5, 0.6) is 5.75 Å². The van der Waals surface area contributed by atoms with Crippen LogP contribution < -0.4 is 20.1 Å². The van der Waals surface area contributed by atoms with Crippen LogP contribution in [0.2, 0.25) is 0 Å². The second-order valence-electron chi connectivity index (χ2n) is 11.2. The van der Waals surface area contributed by atoms with Gasteiger partial charge in [-0.3, -0.25) is 14.2 Å². The fourth-order valence-corrected chi connectivity index (χ4v) is 6.30. The van der Waals surface area contributed by atoms with E-state index in [-0.39, 0.29) is 36.3 Å². The van der Waals surface area contributed by atoms with Gasteiger partial charge in [0.2, 0.25) is 10.0 Å². The van der Waals surface area contributed by atoms with Gasteiger partial charge in [-0.25, -0.2) is 8.42 Å². The highest BCUT2D eigenvalue weighted by atomic mass is 32.2. The normalized spacial score (nSPS) is 13.0. The van der Waals surface area contributed by atoms with Crippen LogP contribution in [-0.4, -0.2) is 41.6 Å². The van der Waals surface area contributed by atoms with E-state index in [1.165, 1.54) is 0 Å². The molecule has 0 spiro atoms. The Bertz CT molecular complexity index is 1920. The molecule has 1 amide bonds. The molecule has 1 aromatic heterocycles. The Hall–Kier alpha value is -4.87. The first-order chi connectivity index (χ1) is 21.8. The SMILES string of the molecule is Cn1nc(C(=O)Nc2ccc(Nc3cccc(OCc4ccccc4)c3)cc2)c2cc(C3CC3)c(NS(=O)(=O)CCCO)cc21. The van der Waals surface area contributed by atoms with Crippen molar-refractivity contribution in [3.05, 3.63) is 108 Å². The highest BCUT2D eigenvalue weighted by Crippen LogP contribution is 2.45. The molecule has 6 rings (SSSR count). The molecule has 1 saturated carbocycles. The topological polar surface area (TPSA) is 135 Å². The van der Waals surface area contributed by atoms with Crippen LogP contribution in [0, 0.1) is 0 Å². The first kappa shape index (κ1) is 30.2. The van der Waals surface area contributed by atoms with Gasteiger partial charge in [0.15, 0.2) is 5.69 Å². The number of amides is 1. The number of benzene rings is 4. The molecule has 1 aliphatic carbocycles. The molecular formula is C34H35N5O5S. The number of sulfonamides is 1. The van der Waals surface area contributed by atoms with Gasteiger partial charge < -0.3 is 20.5 Å². The molecule has 4 N–H and O–H groups in total. The quantitative estimate of drug-likeness (QED) is 0.123. The second kappa shape index (κ2) is 13.0. The van der Waals surface area contributed by atoms with Crippen molar-refractivity contribution < 1.29 is 23.1 Å². The third-order valence-corrected chi connectivity index (χ3v) is 8.96. The number of hydrogen-bond acceptors (Lipinski definition) is 7. The summed E-state index contributed by atoms with van der Waals surface area (Å²) in [5.74, 6) is 0.445. The molecule has 232 valence electrons. The summed E-state index contributed by atoms with van der Waals surface area (Å²) in [5.41, 5.74) is 5.67. The predicted octanol–water partition coefficient (Wildman–Crippen LogP) is 6.15. The molecule has 0 atom stereocenters. The summed E-state index contributed by atoms with van der Waals surface area (Å²) in [6, 6.07) is 28.7. The van der Waals surface area contributed by atoms with E-state index in [1.807, 2.05) is 84.9 Å². The van der Waals surface area contributed by atoms with Crippen LogP contribution in [0.25, 0.3) is 10.9 Å². The highest BCUT2D eigenvalue weighted by Gasteiger charge is 2.29. The number of ether oxygens (including phenoxy) is 1. The van der Waals surface area contributed by atoms with Gasteiger partial charge in [-0.05, 0) is 84.8 Å². The second-order valence-corrected chi connectivity index (χ2v) is 13.0. The number of nitrogens with one attached hydrogen (secondary N) is 3. The minimum Gasteiger partial charge on any atom is -0.489 e. The molecular weight excluding hydrogens is 590 g/mol. The van der Waals surface area contributed by atoms with Crippen LogP contribution in [0.1, 0.15) is 46.8 Å². The lowest BCUT2D eigenvalue weighted by molar-refractivity contribution is 0.102. The average Bonchev–Trinajstić information content (AvgIpc) is 3.83. The lowest BCUT2D eigenvalue weighted by Crippen LogP contribution is -2.18. The van der Waals surface area contributed by atoms with E-state index in [1.54, 1.807) is 17.8 Å². The number of anilines is 4. The third kappa shape index (κ3) is 7.44. The molecule has 0 radical (unpaired) electrons. The molecule has 5 aromatic rings. The summed E-state index contributed by atoms with van der Waals surface area (Å²) in [5, 5.41) is 20.5. The number of hydrogen-bond donors (Lipinski definition) is 4. The zero-order chi connectivity index (χ0) is 31.4. The van der Waals surface area contributed by atoms with E-state index in [4.69, 9.17) is 9.84 Å². The summed E-state index contributed by atoms with van der Waals surface area (Å²) < 4.78 is 35.4. The van der Waals surface area contributed by atoms with Crippen molar-refractivity contribution in [3.8, 4) is 5.75 Å². The summed E-state index contributed by atoms with van der Waals surface area (Å²) in [6.45, 7) is 0.283. The summed E-state index contributed by atoms with van der Waals surface area (Å²) in [7, 11) is -1.90. The van der Waals surface area contributed by atoms with Crippen molar-refractivity contribution in [2.45, 2.75) is 31.8 Å². The van der Waals surface area contributed by atoms with E-state index in [0.29, 0.717) is 28.9 Å². The molecule has 1 aliphatic rings. The van der Waals surface area contributed by atoms with Crippen molar-refractivity contribution in [1.29, 1.82) is 0 Å². The van der Waals surface area contributed by atoms with Gasteiger partial charge in [-0.2, -0.15) is 5.10 Å². The number of rotatable bonds is 13. The smallest absolute Gasteiger partial charge is 0.276 e. The number of nitrogens with zero attached hydrogens (tertiary/aromatic N) is 2. The molecule has 11 heteroatoms. The Morgan fingerprint density at radius 1 is 0.956 bits per heavy atom. The lowest BCUT2D eigenvalue weighted by Gasteiger charge is -2.13. The maximum atomic E-state index is 13.4. The lowest BCUT2D eigenvalue weighted by atomic mass is 10.0. The van der Waals surface area contributed by atoms with Crippen LogP contribution >= 0.6 is 0 Å². The average molecular weight is 626 g/mol. The molecule has 0 unspecified atom stereocenters. The van der Waals surface area contributed by atoms with Crippen molar-refractivity contribution in [3.63, 3.8) is 0 Å². The van der Waals surface area contributed by atoms with Gasteiger partial charge in [0.05, 0.1) is 17.0 Å². The number of carbonyl (C=O) groups is 1. The number of aliphatic hydroxyl groups is 1. The molecule has 4 aromatic carbocycles. The minimum atomic E-state index is -3.63. The fraction of sp³-hybridized carbons (Fsp3) is 0.235. The van der Waals surface area contributed by atoms with Crippen molar-refractivity contribution >= 4 is 49.6 Å². The summed E-state index contributed by atoms with van der Waals surface area (Å²) >= 11 is 0. The first-order valence-corrected chi connectivity index (χ1v) is 16.5. The van der Waals surface area contributed by atoms with Crippen molar-refractivity contribution in [2.24, 2.45) is 7.05 Å². The largest absolute Gasteiger partial charge is 0.489 e. The van der Waals surface area contributed by atoms with Crippen LogP contribution in [0.15, 0.2) is 91.0 Å². The molecule has 0 bridgehead atoms. The first-order valence-electron chi connectivity index (χ1n) is 14.9. The van der Waals surface area contributed by atoms with E-state index in [9.17, 15) is 13.2 Å². The van der Waals surface area contributed by atoms with Gasteiger partial charge in [0, 0.05) is 42.2 Å². The molecule has 0 aliphatic heterocycles. The van der Waals surface area contributed by atoms with Gasteiger partial charge in [-0.15, -0.1) is 0 Å². The van der Waals surface area contributed by atoms with Crippen molar-refractivity contribution in [2.75, 3.05) is 27.7 Å². The van der Waals surface area contributed by atoms with Crippen LogP contribution in [0.4, 0.5) is 22.7 Å². The van der Waals surface area contributed by atoms with E-state index >= 15 is 0 Å². The van der Waals surface area contributed by atoms with Gasteiger partial charge >= 0.3 is 0 Å². The Morgan fingerprint density at radius 3 is 2.44 bits per heavy atom. The Kier molecular flexibility index (Phi) is 8.72. The Labute approximate surface area is 262 Å². The van der Waals surface area contributed by atoms with E-state index in [2.05, 4.69) is 20.5 Å². The maximum Gasteiger partial charge on any atom is 0.276 e. The minimum absolute atomic E-state index is 0.154. The zero-order valence-corrected chi connectivity index (χ0v) is 25.7. The van der Waals surface area contributed by atoms with E-state index < -0.39 is 10.0 Å². The standard InChI is InChI=1S/C34H35N5O5S/c1-39-32-21-31(38-45(42,43)18-6-17-40)29(24-11-12-24)20-30(32)33(37-39)34(41)36-26-15-13-25(14-16-26)35-27-9-5-10-28(19-27)44-22-23-7-3-2-4-8-23/h2-5,7-10,13-16,19-21,24,35,38,40H,6,11-12,17-18,22H2,1H3,(H,36,41). The summed E-state index contributed by atoms with van der Waals surface area (Å²) in [4.78, 5) is 13.4. The molecule has 45 heavy (non-hydrogen) atoms. The molecule has 0 saturated heterocycles. The Morgan fingerprint density at radius 2 is 1.71 bits per heavy atom.